The summed E-state index contributed by atoms with van der Waals surface area (Å²) in [6.07, 6.45) is 3.97. The number of carbonyl (C=O) groups is 1. The summed E-state index contributed by atoms with van der Waals surface area (Å²) in [6, 6.07) is 2.39. The number of carbonyl (C=O) groups excluding carboxylic acids is 1. The van der Waals surface area contributed by atoms with Crippen molar-refractivity contribution in [1.82, 2.24) is 0 Å². The Bertz CT molecular complexity index is 458. The third kappa shape index (κ3) is 4.29. The minimum absolute atomic E-state index is 0.210. The average Bonchev–Trinajstić information content (AvgIpc) is 2.43. The fourth-order valence-corrected chi connectivity index (χ4v) is 2.01. The summed E-state index contributed by atoms with van der Waals surface area (Å²) < 4.78 is 32.4. The van der Waals surface area contributed by atoms with Gasteiger partial charge in [0.15, 0.2) is 0 Å². The molecular weight excluding hydrogens is 262 g/mol. The fraction of sp³-hybridized carbons (Fsp3) is 0.562. The Morgan fingerprint density at radius 1 is 1.30 bits per heavy atom. The number of hydrogen-bond donors (Lipinski definition) is 0. The van der Waals surface area contributed by atoms with Crippen molar-refractivity contribution in [2.75, 3.05) is 6.61 Å². The van der Waals surface area contributed by atoms with Crippen LogP contribution in [-0.2, 0) is 4.74 Å². The molecule has 0 aliphatic carbocycles. The summed E-state index contributed by atoms with van der Waals surface area (Å²) in [5.41, 5.74) is -0.355. The number of ether oxygens (including phenoxy) is 1. The second kappa shape index (κ2) is 7.98. The average molecular weight is 284 g/mol. The van der Waals surface area contributed by atoms with Gasteiger partial charge in [0.25, 0.3) is 0 Å². The summed E-state index contributed by atoms with van der Waals surface area (Å²) in [7, 11) is 0. The first-order chi connectivity index (χ1) is 9.51. The van der Waals surface area contributed by atoms with Crippen molar-refractivity contribution >= 4 is 5.97 Å². The molecule has 2 nitrogen and oxygen atoms in total. The summed E-state index contributed by atoms with van der Waals surface area (Å²) >= 11 is 0. The van der Waals surface area contributed by atoms with Crippen molar-refractivity contribution < 1.29 is 18.3 Å². The normalized spacial score (nSPS) is 12.2. The van der Waals surface area contributed by atoms with Crippen LogP contribution in [-0.4, -0.2) is 12.6 Å². The molecule has 1 atom stereocenters. The first-order valence-corrected chi connectivity index (χ1v) is 7.12. The number of esters is 1. The molecule has 0 saturated heterocycles. The number of hydrogen-bond acceptors (Lipinski definition) is 2. The molecule has 0 radical (unpaired) electrons. The highest BCUT2D eigenvalue weighted by atomic mass is 19.1. The molecule has 1 rings (SSSR count). The molecule has 0 bridgehead atoms. The van der Waals surface area contributed by atoms with Crippen LogP contribution in [0.2, 0.25) is 0 Å². The maximum atomic E-state index is 13.8. The molecule has 0 spiro atoms. The van der Waals surface area contributed by atoms with Crippen LogP contribution in [0.25, 0.3) is 0 Å². The maximum Gasteiger partial charge on any atom is 0.344 e. The lowest BCUT2D eigenvalue weighted by Gasteiger charge is -2.15. The van der Waals surface area contributed by atoms with E-state index in [0.717, 1.165) is 31.7 Å². The van der Waals surface area contributed by atoms with E-state index in [4.69, 9.17) is 4.74 Å². The van der Waals surface area contributed by atoms with Crippen molar-refractivity contribution in [2.24, 2.45) is 5.92 Å². The molecule has 0 aliphatic heterocycles. The number of rotatable bonds is 7. The van der Waals surface area contributed by atoms with E-state index < -0.39 is 23.2 Å². The number of aryl methyl sites for hydroxylation is 1. The van der Waals surface area contributed by atoms with Crippen molar-refractivity contribution in [3.63, 3.8) is 0 Å². The van der Waals surface area contributed by atoms with E-state index in [0.29, 0.717) is 0 Å². The van der Waals surface area contributed by atoms with Gasteiger partial charge in [-0.3, -0.25) is 0 Å². The lowest BCUT2D eigenvalue weighted by molar-refractivity contribution is 0.0417. The van der Waals surface area contributed by atoms with Crippen molar-refractivity contribution in [1.29, 1.82) is 0 Å². The second-order valence-electron chi connectivity index (χ2n) is 5.07. The Hall–Kier alpha value is -1.45. The summed E-state index contributed by atoms with van der Waals surface area (Å²) in [4.78, 5) is 11.8. The summed E-state index contributed by atoms with van der Waals surface area (Å²) in [5.74, 6) is -2.38. The summed E-state index contributed by atoms with van der Waals surface area (Å²) in [6.45, 7) is 5.81. The van der Waals surface area contributed by atoms with Crippen molar-refractivity contribution in [2.45, 2.75) is 46.5 Å². The van der Waals surface area contributed by atoms with Gasteiger partial charge in [0, 0.05) is 0 Å². The lowest BCUT2D eigenvalue weighted by atomic mass is 10.0. The number of halogens is 2. The van der Waals surface area contributed by atoms with E-state index in [2.05, 4.69) is 6.92 Å². The first-order valence-electron chi connectivity index (χ1n) is 7.12. The van der Waals surface area contributed by atoms with Gasteiger partial charge in [0.2, 0.25) is 0 Å². The van der Waals surface area contributed by atoms with Gasteiger partial charge in [-0.1, -0.05) is 39.2 Å². The standard InChI is InChI=1S/C16H22F2O2/c1-4-6-7-12(5-2)10-20-16(19)14-13(17)9-8-11(3)15(14)18/h8-9,12H,4-7,10H2,1-3H3. The zero-order chi connectivity index (χ0) is 15.1. The molecule has 0 saturated carbocycles. The minimum atomic E-state index is -0.918. The Kier molecular flexibility index (Phi) is 6.62. The molecule has 4 heteroatoms. The third-order valence-electron chi connectivity index (χ3n) is 3.48. The van der Waals surface area contributed by atoms with Crippen LogP contribution >= 0.6 is 0 Å². The first kappa shape index (κ1) is 16.6. The van der Waals surface area contributed by atoms with Crippen LogP contribution in [0, 0.1) is 24.5 Å². The van der Waals surface area contributed by atoms with E-state index in [1.807, 2.05) is 6.92 Å². The highest BCUT2D eigenvalue weighted by molar-refractivity contribution is 5.90. The predicted octanol–water partition coefficient (Wildman–Crippen LogP) is 4.65. The third-order valence-corrected chi connectivity index (χ3v) is 3.48. The van der Waals surface area contributed by atoms with Crippen LogP contribution in [0.1, 0.15) is 55.5 Å². The number of benzene rings is 1. The quantitative estimate of drug-likeness (QED) is 0.681. The van der Waals surface area contributed by atoms with E-state index in [-0.39, 0.29) is 18.1 Å². The molecule has 112 valence electrons. The number of unbranched alkanes of at least 4 members (excludes halogenated alkanes) is 1. The Morgan fingerprint density at radius 2 is 2.00 bits per heavy atom. The highest BCUT2D eigenvalue weighted by Gasteiger charge is 2.21. The Balaban J connectivity index is 2.70. The monoisotopic (exact) mass is 284 g/mol. The van der Waals surface area contributed by atoms with Gasteiger partial charge in [-0.15, -0.1) is 0 Å². The molecule has 0 heterocycles. The smallest absolute Gasteiger partial charge is 0.344 e. The van der Waals surface area contributed by atoms with Crippen LogP contribution in [0.15, 0.2) is 12.1 Å². The van der Waals surface area contributed by atoms with Crippen LogP contribution in [0.5, 0.6) is 0 Å². The molecule has 20 heavy (non-hydrogen) atoms. The van der Waals surface area contributed by atoms with E-state index in [9.17, 15) is 13.6 Å². The highest BCUT2D eigenvalue weighted by Crippen LogP contribution is 2.19. The van der Waals surface area contributed by atoms with Gasteiger partial charge < -0.3 is 4.74 Å². The van der Waals surface area contributed by atoms with Gasteiger partial charge in [-0.25, -0.2) is 13.6 Å². The van der Waals surface area contributed by atoms with E-state index in [1.54, 1.807) is 0 Å². The molecule has 0 aliphatic rings. The molecule has 0 N–H and O–H groups in total. The minimum Gasteiger partial charge on any atom is -0.462 e. The molecule has 1 unspecified atom stereocenters. The second-order valence-corrected chi connectivity index (χ2v) is 5.07. The van der Waals surface area contributed by atoms with Crippen molar-refractivity contribution in [3.05, 3.63) is 34.9 Å². The van der Waals surface area contributed by atoms with Gasteiger partial charge in [-0.05, 0) is 30.9 Å². The molecule has 0 aromatic heterocycles. The predicted molar refractivity (Wildman–Crippen MR) is 74.7 cm³/mol. The molecule has 1 aromatic carbocycles. The molecule has 0 fully saturated rings. The van der Waals surface area contributed by atoms with Crippen LogP contribution < -0.4 is 0 Å². The largest absolute Gasteiger partial charge is 0.462 e. The zero-order valence-electron chi connectivity index (χ0n) is 12.3. The Morgan fingerprint density at radius 3 is 2.60 bits per heavy atom. The molecule has 1 aromatic rings. The topological polar surface area (TPSA) is 26.3 Å². The molecular formula is C16H22F2O2. The zero-order valence-corrected chi connectivity index (χ0v) is 12.3. The van der Waals surface area contributed by atoms with E-state index >= 15 is 0 Å². The lowest BCUT2D eigenvalue weighted by Crippen LogP contribution is -2.16. The fourth-order valence-electron chi connectivity index (χ4n) is 2.01. The van der Waals surface area contributed by atoms with Gasteiger partial charge in [-0.2, -0.15) is 0 Å². The van der Waals surface area contributed by atoms with Gasteiger partial charge in [0.05, 0.1) is 6.61 Å². The van der Waals surface area contributed by atoms with Gasteiger partial charge in [0.1, 0.15) is 17.2 Å². The van der Waals surface area contributed by atoms with E-state index in [1.165, 1.54) is 13.0 Å². The van der Waals surface area contributed by atoms with Crippen LogP contribution in [0.4, 0.5) is 8.78 Å². The SMILES string of the molecule is CCCCC(CC)COC(=O)c1c(F)ccc(C)c1F. The Labute approximate surface area is 119 Å². The van der Waals surface area contributed by atoms with Gasteiger partial charge >= 0.3 is 5.97 Å². The maximum absolute atomic E-state index is 13.8. The van der Waals surface area contributed by atoms with Crippen molar-refractivity contribution in [3.8, 4) is 0 Å². The van der Waals surface area contributed by atoms with Crippen LogP contribution in [0.3, 0.4) is 0 Å². The molecule has 0 amide bonds. The summed E-state index contributed by atoms with van der Waals surface area (Å²) in [5, 5.41) is 0.